The SMILES string of the molecule is CCCNC(=O)CSc1nnc(SC(C)C(=O)Nc2sccc2C(N)=O)s1. The van der Waals surface area contributed by atoms with Crippen LogP contribution in [0.3, 0.4) is 0 Å². The van der Waals surface area contributed by atoms with Gasteiger partial charge >= 0.3 is 0 Å². The second-order valence-corrected chi connectivity index (χ2v) is 9.95. The van der Waals surface area contributed by atoms with Crippen molar-refractivity contribution in [1.29, 1.82) is 0 Å². The quantitative estimate of drug-likeness (QED) is 0.479. The lowest BCUT2D eigenvalue weighted by atomic mass is 10.3. The van der Waals surface area contributed by atoms with Crippen molar-refractivity contribution in [2.75, 3.05) is 17.6 Å². The topological polar surface area (TPSA) is 127 Å². The number of nitrogens with zero attached hydrogens (tertiary/aromatic N) is 2. The van der Waals surface area contributed by atoms with Crippen LogP contribution in [0.1, 0.15) is 30.6 Å². The number of thioether (sulfide) groups is 2. The highest BCUT2D eigenvalue weighted by Gasteiger charge is 2.20. The van der Waals surface area contributed by atoms with E-state index in [1.54, 1.807) is 18.4 Å². The third kappa shape index (κ3) is 6.79. The standard InChI is InChI=1S/C15H19N5O3S4/c1-3-5-17-10(21)7-25-14-19-20-15(27-14)26-8(2)12(23)18-13-9(11(16)22)4-6-24-13/h4,6,8H,3,5,7H2,1-2H3,(H2,16,22)(H,17,21)(H,18,23). The molecular formula is C15H19N5O3S4. The van der Waals surface area contributed by atoms with Gasteiger partial charge in [0.25, 0.3) is 5.91 Å². The number of nitrogens with two attached hydrogens (primary N) is 1. The summed E-state index contributed by atoms with van der Waals surface area (Å²) < 4.78 is 1.31. The maximum Gasteiger partial charge on any atom is 0.251 e. The van der Waals surface area contributed by atoms with Crippen molar-refractivity contribution in [1.82, 2.24) is 15.5 Å². The highest BCUT2D eigenvalue weighted by molar-refractivity contribution is 8.04. The van der Waals surface area contributed by atoms with Crippen LogP contribution in [0.2, 0.25) is 0 Å². The molecule has 2 aromatic rings. The third-order valence-corrected chi connectivity index (χ3v) is 7.17. The minimum absolute atomic E-state index is 0.0415. The number of hydrogen-bond donors (Lipinski definition) is 3. The number of thiophene rings is 1. The summed E-state index contributed by atoms with van der Waals surface area (Å²) in [6.45, 7) is 4.39. The Kier molecular flexibility index (Phi) is 8.54. The van der Waals surface area contributed by atoms with E-state index < -0.39 is 11.2 Å². The molecule has 2 heterocycles. The Morgan fingerprint density at radius 2 is 2.04 bits per heavy atom. The number of aromatic nitrogens is 2. The molecule has 3 amide bonds. The molecule has 1 unspecified atom stereocenters. The summed E-state index contributed by atoms with van der Waals surface area (Å²) in [5.74, 6) is -0.599. The van der Waals surface area contributed by atoms with Gasteiger partial charge in [-0.1, -0.05) is 41.8 Å². The van der Waals surface area contributed by atoms with Crippen LogP contribution in [-0.2, 0) is 9.59 Å². The molecule has 0 fully saturated rings. The van der Waals surface area contributed by atoms with Gasteiger partial charge in [0.2, 0.25) is 11.8 Å². The van der Waals surface area contributed by atoms with Crippen molar-refractivity contribution >= 4 is 68.9 Å². The normalized spacial score (nSPS) is 11.8. The van der Waals surface area contributed by atoms with Gasteiger partial charge in [0.05, 0.1) is 16.6 Å². The summed E-state index contributed by atoms with van der Waals surface area (Å²) in [5, 5.41) is 15.3. The number of carbonyl (C=O) groups is 3. The Labute approximate surface area is 173 Å². The molecule has 2 rings (SSSR count). The molecule has 0 aliphatic heterocycles. The van der Waals surface area contributed by atoms with Crippen molar-refractivity contribution < 1.29 is 14.4 Å². The lowest BCUT2D eigenvalue weighted by Crippen LogP contribution is -2.25. The van der Waals surface area contributed by atoms with E-state index in [0.29, 0.717) is 25.8 Å². The van der Waals surface area contributed by atoms with Crippen molar-refractivity contribution in [3.63, 3.8) is 0 Å². The van der Waals surface area contributed by atoms with Gasteiger partial charge in [0.15, 0.2) is 8.68 Å². The van der Waals surface area contributed by atoms with Gasteiger partial charge in [0.1, 0.15) is 5.00 Å². The van der Waals surface area contributed by atoms with E-state index in [1.165, 1.54) is 46.2 Å². The minimum atomic E-state index is -0.583. The van der Waals surface area contributed by atoms with Crippen LogP contribution in [0.5, 0.6) is 0 Å². The van der Waals surface area contributed by atoms with Gasteiger partial charge in [-0.05, 0) is 24.8 Å². The summed E-state index contributed by atoms with van der Waals surface area (Å²) >= 11 is 5.15. The lowest BCUT2D eigenvalue weighted by Gasteiger charge is -2.09. The van der Waals surface area contributed by atoms with Crippen LogP contribution in [0.4, 0.5) is 5.00 Å². The molecule has 8 nitrogen and oxygen atoms in total. The van der Waals surface area contributed by atoms with Crippen molar-refractivity contribution in [3.05, 3.63) is 17.0 Å². The Hall–Kier alpha value is -1.63. The van der Waals surface area contributed by atoms with Gasteiger partial charge in [-0.25, -0.2) is 0 Å². The van der Waals surface area contributed by atoms with E-state index >= 15 is 0 Å². The summed E-state index contributed by atoms with van der Waals surface area (Å²) in [4.78, 5) is 35.3. The summed E-state index contributed by atoms with van der Waals surface area (Å²) in [5.41, 5.74) is 5.57. The zero-order valence-corrected chi connectivity index (χ0v) is 17.9. The van der Waals surface area contributed by atoms with E-state index in [2.05, 4.69) is 20.8 Å². The van der Waals surface area contributed by atoms with E-state index in [1.807, 2.05) is 6.92 Å². The van der Waals surface area contributed by atoms with Gasteiger partial charge in [0, 0.05) is 6.54 Å². The first-order valence-electron chi connectivity index (χ1n) is 7.98. The average molecular weight is 446 g/mol. The fourth-order valence-electron chi connectivity index (χ4n) is 1.76. The number of primary amides is 1. The first-order chi connectivity index (χ1) is 12.9. The molecule has 0 aliphatic carbocycles. The third-order valence-electron chi connectivity index (χ3n) is 3.10. The predicted molar refractivity (Wildman–Crippen MR) is 111 cm³/mol. The molecule has 12 heteroatoms. The molecule has 0 aromatic carbocycles. The molecule has 0 saturated heterocycles. The first kappa shape index (κ1) is 21.7. The molecule has 27 heavy (non-hydrogen) atoms. The lowest BCUT2D eigenvalue weighted by molar-refractivity contribution is -0.118. The van der Waals surface area contributed by atoms with Crippen LogP contribution in [0.15, 0.2) is 20.1 Å². The maximum atomic E-state index is 12.3. The molecule has 0 spiro atoms. The monoisotopic (exact) mass is 445 g/mol. The van der Waals surface area contributed by atoms with Gasteiger partial charge in [-0.15, -0.1) is 21.5 Å². The zero-order chi connectivity index (χ0) is 19.8. The summed E-state index contributed by atoms with van der Waals surface area (Å²) in [6.07, 6.45) is 0.891. The van der Waals surface area contributed by atoms with Crippen LogP contribution in [0, 0.1) is 0 Å². The molecule has 146 valence electrons. The first-order valence-corrected chi connectivity index (χ1v) is 11.5. The van der Waals surface area contributed by atoms with Gasteiger partial charge in [-0.3, -0.25) is 14.4 Å². The molecule has 0 bridgehead atoms. The Morgan fingerprint density at radius 3 is 2.74 bits per heavy atom. The fraction of sp³-hybridized carbons (Fsp3) is 0.400. The summed E-state index contributed by atoms with van der Waals surface area (Å²) in [6, 6.07) is 1.57. The maximum absolute atomic E-state index is 12.3. The van der Waals surface area contributed by atoms with Crippen LogP contribution in [-0.4, -0.2) is 45.5 Å². The Morgan fingerprint density at radius 1 is 1.30 bits per heavy atom. The molecule has 2 aromatic heterocycles. The van der Waals surface area contributed by atoms with Crippen LogP contribution >= 0.6 is 46.2 Å². The second-order valence-electron chi connectivity index (χ2n) is 5.25. The number of hydrogen-bond acceptors (Lipinski definition) is 9. The van der Waals surface area contributed by atoms with E-state index in [0.717, 1.165) is 6.42 Å². The number of rotatable bonds is 10. The molecule has 0 aliphatic rings. The predicted octanol–water partition coefficient (Wildman–Crippen LogP) is 2.44. The van der Waals surface area contributed by atoms with Crippen LogP contribution in [0.25, 0.3) is 0 Å². The Balaban J connectivity index is 1.85. The molecule has 0 saturated carbocycles. The van der Waals surface area contributed by atoms with Crippen molar-refractivity contribution in [3.8, 4) is 0 Å². The highest BCUT2D eigenvalue weighted by Crippen LogP contribution is 2.32. The smallest absolute Gasteiger partial charge is 0.251 e. The van der Waals surface area contributed by atoms with E-state index in [-0.39, 0.29) is 17.6 Å². The largest absolute Gasteiger partial charge is 0.366 e. The van der Waals surface area contributed by atoms with Gasteiger partial charge in [-0.2, -0.15) is 0 Å². The fourth-order valence-corrected chi connectivity index (χ4v) is 5.55. The minimum Gasteiger partial charge on any atom is -0.366 e. The summed E-state index contributed by atoms with van der Waals surface area (Å²) in [7, 11) is 0. The molecule has 4 N–H and O–H groups in total. The second kappa shape index (κ2) is 10.6. The molecule has 1 atom stereocenters. The molecule has 0 radical (unpaired) electrons. The zero-order valence-electron chi connectivity index (χ0n) is 14.7. The van der Waals surface area contributed by atoms with Crippen molar-refractivity contribution in [2.45, 2.75) is 34.2 Å². The molecular weight excluding hydrogens is 426 g/mol. The average Bonchev–Trinajstić information content (AvgIpc) is 3.27. The number of carbonyl (C=O) groups excluding carboxylic acids is 3. The van der Waals surface area contributed by atoms with Crippen LogP contribution < -0.4 is 16.4 Å². The van der Waals surface area contributed by atoms with E-state index in [9.17, 15) is 14.4 Å². The van der Waals surface area contributed by atoms with Gasteiger partial charge < -0.3 is 16.4 Å². The van der Waals surface area contributed by atoms with E-state index in [4.69, 9.17) is 5.73 Å². The van der Waals surface area contributed by atoms with Crippen molar-refractivity contribution in [2.24, 2.45) is 5.73 Å². The number of amides is 3. The number of anilines is 1. The number of nitrogens with one attached hydrogen (secondary N) is 2. The highest BCUT2D eigenvalue weighted by atomic mass is 32.2. The Bertz CT molecular complexity index is 807.